The molecular weight excluding hydrogens is 575 g/mol. The van der Waals surface area contributed by atoms with Crippen molar-refractivity contribution in [3.05, 3.63) is 82.4 Å². The number of fused-ring (bicyclic) bond motifs is 1. The van der Waals surface area contributed by atoms with Gasteiger partial charge in [-0.05, 0) is 54.7 Å². The Hall–Kier alpha value is -5.64. The minimum absolute atomic E-state index is 0.00438. The highest BCUT2D eigenvalue weighted by Crippen LogP contribution is 2.33. The van der Waals surface area contributed by atoms with E-state index in [4.69, 9.17) is 5.26 Å². The van der Waals surface area contributed by atoms with Gasteiger partial charge in [-0.3, -0.25) is 14.7 Å². The van der Waals surface area contributed by atoms with Crippen molar-refractivity contribution in [1.29, 1.82) is 5.26 Å². The molecule has 1 aliphatic carbocycles. The third-order valence-corrected chi connectivity index (χ3v) is 7.88. The molecule has 3 N–H and O–H groups in total. The van der Waals surface area contributed by atoms with Crippen molar-refractivity contribution in [2.24, 2.45) is 0 Å². The van der Waals surface area contributed by atoms with Crippen molar-refractivity contribution in [2.75, 3.05) is 23.0 Å². The van der Waals surface area contributed by atoms with Gasteiger partial charge in [0.2, 0.25) is 5.95 Å². The van der Waals surface area contributed by atoms with E-state index in [0.717, 1.165) is 25.7 Å². The van der Waals surface area contributed by atoms with Crippen LogP contribution in [0.15, 0.2) is 59.7 Å². The van der Waals surface area contributed by atoms with Crippen molar-refractivity contribution < 1.29 is 9.18 Å². The van der Waals surface area contributed by atoms with Crippen LogP contribution < -0.4 is 21.5 Å². The van der Waals surface area contributed by atoms with E-state index in [1.54, 1.807) is 42.1 Å². The largest absolute Gasteiger partial charge is 0.357 e. The maximum Gasteiger partial charge on any atom is 0.324 e. The van der Waals surface area contributed by atoms with Crippen LogP contribution in [0.4, 0.5) is 26.6 Å². The third-order valence-electron chi connectivity index (χ3n) is 7.88. The minimum atomic E-state index is -0.709. The first-order valence-electron chi connectivity index (χ1n) is 14.7. The fourth-order valence-electron chi connectivity index (χ4n) is 5.55. The number of hydrogen-bond donors (Lipinski definition) is 3. The average Bonchev–Trinajstić information content (AvgIpc) is 3.72. The lowest BCUT2D eigenvalue weighted by molar-refractivity contribution is 0.262. The maximum absolute atomic E-state index is 15.1. The summed E-state index contributed by atoms with van der Waals surface area (Å²) in [6.07, 6.45) is 6.91. The predicted octanol–water partition coefficient (Wildman–Crippen LogP) is 5.97. The van der Waals surface area contributed by atoms with E-state index < -0.39 is 11.8 Å². The molecule has 228 valence electrons. The van der Waals surface area contributed by atoms with Crippen LogP contribution in [0.1, 0.15) is 62.9 Å². The summed E-state index contributed by atoms with van der Waals surface area (Å²) in [6.45, 7) is 3.93. The molecule has 1 fully saturated rings. The molecule has 0 unspecified atom stereocenters. The lowest BCUT2D eigenvalue weighted by Crippen LogP contribution is -2.26. The normalized spacial score (nSPS) is 13.2. The average molecular weight is 607 g/mol. The van der Waals surface area contributed by atoms with Crippen molar-refractivity contribution in [3.63, 3.8) is 0 Å². The lowest BCUT2D eigenvalue weighted by atomic mass is 10.0. The van der Waals surface area contributed by atoms with Crippen LogP contribution in [-0.4, -0.2) is 42.4 Å². The highest BCUT2D eigenvalue weighted by molar-refractivity contribution is 6.00. The summed E-state index contributed by atoms with van der Waals surface area (Å²) >= 11 is 0. The van der Waals surface area contributed by atoms with Crippen LogP contribution in [0.5, 0.6) is 0 Å². The monoisotopic (exact) mass is 606 g/mol. The molecule has 4 aromatic heterocycles. The number of anilines is 3. The number of amides is 2. The van der Waals surface area contributed by atoms with Gasteiger partial charge in [-0.2, -0.15) is 15.3 Å². The second-order valence-electron chi connectivity index (χ2n) is 11.2. The summed E-state index contributed by atoms with van der Waals surface area (Å²) in [7, 11) is 1.72. The summed E-state index contributed by atoms with van der Waals surface area (Å²) < 4.78 is 18.3. The minimum Gasteiger partial charge on any atom is -0.357 e. The number of carbonyl (C=O) groups excluding carboxylic acids is 1. The number of nitrogens with one attached hydrogen (secondary N) is 3. The summed E-state index contributed by atoms with van der Waals surface area (Å²) in [4.78, 5) is 40.2. The zero-order chi connectivity index (χ0) is 31.7. The van der Waals surface area contributed by atoms with E-state index in [-0.39, 0.29) is 28.9 Å². The molecule has 0 spiro atoms. The third kappa shape index (κ3) is 5.82. The Morgan fingerprint density at radius 1 is 1.07 bits per heavy atom. The number of rotatable bonds is 7. The molecule has 12 nitrogen and oxygen atoms in total. The Morgan fingerprint density at radius 3 is 2.56 bits per heavy atom. The first-order valence-corrected chi connectivity index (χ1v) is 14.7. The van der Waals surface area contributed by atoms with Gasteiger partial charge in [0, 0.05) is 36.3 Å². The topological polar surface area (TPSA) is 155 Å². The van der Waals surface area contributed by atoms with Gasteiger partial charge in [0.05, 0.1) is 23.3 Å². The summed E-state index contributed by atoms with van der Waals surface area (Å²) in [5.74, 6) is 0.133. The Labute approximate surface area is 258 Å². The molecule has 0 bridgehead atoms. The Bertz CT molecular complexity index is 2000. The molecule has 2 amide bonds. The van der Waals surface area contributed by atoms with E-state index in [9.17, 15) is 9.59 Å². The van der Waals surface area contributed by atoms with Crippen LogP contribution in [0.2, 0.25) is 0 Å². The maximum atomic E-state index is 15.1. The van der Waals surface area contributed by atoms with Crippen LogP contribution in [0.3, 0.4) is 0 Å². The molecule has 1 aromatic carbocycles. The molecule has 45 heavy (non-hydrogen) atoms. The fourth-order valence-corrected chi connectivity index (χ4v) is 5.55. The van der Waals surface area contributed by atoms with Gasteiger partial charge in [-0.1, -0.05) is 32.8 Å². The van der Waals surface area contributed by atoms with Gasteiger partial charge in [0.1, 0.15) is 29.0 Å². The van der Waals surface area contributed by atoms with Crippen molar-refractivity contribution in [2.45, 2.75) is 51.5 Å². The first-order chi connectivity index (χ1) is 21.7. The van der Waals surface area contributed by atoms with E-state index in [1.807, 2.05) is 19.9 Å². The van der Waals surface area contributed by atoms with Gasteiger partial charge in [-0.15, -0.1) is 0 Å². The molecule has 4 heterocycles. The van der Waals surface area contributed by atoms with E-state index in [1.165, 1.54) is 29.1 Å². The van der Waals surface area contributed by atoms with Crippen LogP contribution in [-0.2, 0) is 0 Å². The van der Waals surface area contributed by atoms with E-state index in [2.05, 4.69) is 36.0 Å². The number of urea groups is 1. The molecule has 1 aliphatic rings. The van der Waals surface area contributed by atoms with E-state index in [0.29, 0.717) is 45.3 Å². The molecule has 0 radical (unpaired) electrons. The molecule has 0 atom stereocenters. The molecule has 13 heteroatoms. The fraction of sp³-hybridized carbons (Fsp3) is 0.281. The SMILES string of the molecule is CNc1ncc2cc(-c3ccc(F)c(NC(=O)Nc4cc(C(C)C)nn4-c4ccc(C#N)nc4)c3)c(=O)n(C3CCCC3)c2n1. The zero-order valence-corrected chi connectivity index (χ0v) is 25.0. The van der Waals surface area contributed by atoms with Crippen LogP contribution >= 0.6 is 0 Å². The number of nitrogens with zero attached hydrogens (tertiary/aromatic N) is 7. The number of benzene rings is 1. The van der Waals surface area contributed by atoms with Crippen LogP contribution in [0.25, 0.3) is 27.8 Å². The zero-order valence-electron chi connectivity index (χ0n) is 25.0. The van der Waals surface area contributed by atoms with Crippen molar-refractivity contribution in [3.8, 4) is 22.9 Å². The quantitative estimate of drug-likeness (QED) is 0.205. The molecule has 6 rings (SSSR count). The van der Waals surface area contributed by atoms with Gasteiger partial charge in [-0.25, -0.2) is 23.8 Å². The van der Waals surface area contributed by atoms with Gasteiger partial charge in [0.15, 0.2) is 0 Å². The molecule has 0 saturated heterocycles. The van der Waals surface area contributed by atoms with Crippen LogP contribution in [0, 0.1) is 17.1 Å². The lowest BCUT2D eigenvalue weighted by Gasteiger charge is -2.18. The van der Waals surface area contributed by atoms with Crippen molar-refractivity contribution >= 4 is 34.5 Å². The first kappa shape index (κ1) is 29.4. The Kier molecular flexibility index (Phi) is 7.95. The number of pyridine rings is 2. The Balaban J connectivity index is 1.33. The summed E-state index contributed by atoms with van der Waals surface area (Å²) in [5.41, 5.74) is 2.49. The summed E-state index contributed by atoms with van der Waals surface area (Å²) in [6, 6.07) is 12.1. The predicted molar refractivity (Wildman–Crippen MR) is 169 cm³/mol. The second kappa shape index (κ2) is 12.2. The van der Waals surface area contributed by atoms with Gasteiger partial charge < -0.3 is 10.6 Å². The highest BCUT2D eigenvalue weighted by atomic mass is 19.1. The van der Waals surface area contributed by atoms with Crippen molar-refractivity contribution in [1.82, 2.24) is 29.3 Å². The standard InChI is InChI=1S/C32H31FN10O2/c1-18(2)26-14-28(43(41-26)23-10-9-21(15-34)36-17-23)39-32(45)38-27-13-19(8-11-25(27)33)24-12-20-16-37-31(35-3)40-29(20)42(30(24)44)22-6-4-5-7-22/h8-14,16-18,22H,4-7H2,1-3H3,(H,35,37,40)(H2,38,39,45). The van der Waals surface area contributed by atoms with Gasteiger partial charge in [0.25, 0.3) is 5.56 Å². The number of hydrogen-bond acceptors (Lipinski definition) is 8. The molecule has 5 aromatic rings. The molecule has 1 saturated carbocycles. The Morgan fingerprint density at radius 2 is 1.87 bits per heavy atom. The molecular formula is C32H31FN10O2. The number of aromatic nitrogens is 6. The number of halogens is 1. The smallest absolute Gasteiger partial charge is 0.324 e. The molecule has 0 aliphatic heterocycles. The second-order valence-corrected chi connectivity index (χ2v) is 11.2. The highest BCUT2D eigenvalue weighted by Gasteiger charge is 2.24. The summed E-state index contributed by atoms with van der Waals surface area (Å²) in [5, 5.41) is 22.6. The number of carbonyl (C=O) groups is 1. The van der Waals surface area contributed by atoms with E-state index >= 15 is 4.39 Å². The van der Waals surface area contributed by atoms with Gasteiger partial charge >= 0.3 is 6.03 Å². The number of nitriles is 1.